The number of halogens is 3. The van der Waals surface area contributed by atoms with Crippen LogP contribution in [0, 0.1) is 3.57 Å². The minimum Gasteiger partial charge on any atom is -0.490 e. The molecule has 1 aliphatic heterocycles. The first-order valence-corrected chi connectivity index (χ1v) is 11.5. The van der Waals surface area contributed by atoms with Crippen molar-refractivity contribution in [2.75, 3.05) is 13.2 Å². The molecule has 1 heterocycles. The molecule has 162 valence electrons. The highest BCUT2D eigenvalue weighted by Crippen LogP contribution is 2.37. The summed E-state index contributed by atoms with van der Waals surface area (Å²) in [6, 6.07) is 8.52. The van der Waals surface area contributed by atoms with Gasteiger partial charge in [0, 0.05) is 0 Å². The second-order valence-electron chi connectivity index (χ2n) is 6.00. The average Bonchev–Trinajstić information content (AvgIpc) is 3.03. The number of nitrogens with zero attached hydrogens (tertiary/aromatic N) is 1. The Labute approximate surface area is 205 Å². The highest BCUT2D eigenvalue weighted by Gasteiger charge is 2.25. The maximum Gasteiger partial charge on any atom is 0.341 e. The minimum atomic E-state index is -1.09. The topological polar surface area (TPSA) is 97.2 Å². The normalized spacial score (nSPS) is 15.9. The molecule has 0 bridgehead atoms. The Balaban J connectivity index is 1.88. The molecule has 0 atom stereocenters. The van der Waals surface area contributed by atoms with E-state index in [0.29, 0.717) is 53.0 Å². The van der Waals surface area contributed by atoms with E-state index in [9.17, 15) is 9.59 Å². The Kier molecular flexibility index (Phi) is 8.09. The molecule has 31 heavy (non-hydrogen) atoms. The predicted octanol–water partition coefficient (Wildman–Crippen LogP) is 5.35. The molecule has 2 aromatic carbocycles. The number of carbonyl (C=O) groups excluding carboxylic acids is 1. The maximum atomic E-state index is 12.4. The van der Waals surface area contributed by atoms with Crippen LogP contribution in [0.2, 0.25) is 10.0 Å². The Morgan fingerprint density at radius 3 is 2.81 bits per heavy atom. The summed E-state index contributed by atoms with van der Waals surface area (Å²) in [5.74, 6) is -0.657. The van der Waals surface area contributed by atoms with Crippen molar-refractivity contribution in [2.24, 2.45) is 4.99 Å². The van der Waals surface area contributed by atoms with Crippen LogP contribution in [0.25, 0.3) is 6.08 Å². The largest absolute Gasteiger partial charge is 0.490 e. The molecule has 0 radical (unpaired) electrons. The molecule has 1 aliphatic rings. The minimum absolute atomic E-state index is 0.303. The quantitative estimate of drug-likeness (QED) is 0.332. The van der Waals surface area contributed by atoms with Crippen molar-refractivity contribution in [2.45, 2.75) is 6.92 Å². The van der Waals surface area contributed by atoms with Crippen LogP contribution >= 0.6 is 57.6 Å². The summed E-state index contributed by atoms with van der Waals surface area (Å²) in [5, 5.41) is 12.6. The smallest absolute Gasteiger partial charge is 0.341 e. The fourth-order valence-corrected chi connectivity index (χ4v) is 4.48. The lowest BCUT2D eigenvalue weighted by Crippen LogP contribution is -2.19. The number of hydrogen-bond donors (Lipinski definition) is 2. The summed E-state index contributed by atoms with van der Waals surface area (Å²) in [4.78, 5) is 28.0. The van der Waals surface area contributed by atoms with Crippen molar-refractivity contribution < 1.29 is 24.2 Å². The van der Waals surface area contributed by atoms with E-state index in [1.54, 1.807) is 36.4 Å². The van der Waals surface area contributed by atoms with Crippen LogP contribution in [0.15, 0.2) is 40.2 Å². The van der Waals surface area contributed by atoms with Gasteiger partial charge in [-0.15, -0.1) is 0 Å². The standard InChI is InChI=1S/C20H15Cl2IN2O5S/c1-2-29-14-7-10(6-12(23)18(14)30-9-16(26)27)8-15-19(28)25-20(31-15)24-13-5-3-4-11(21)17(13)22/h3-8H,2,9H2,1H3,(H,26,27)(H,24,25,28)/b15-8+. The van der Waals surface area contributed by atoms with Gasteiger partial charge in [0.25, 0.3) is 5.91 Å². The average molecular weight is 593 g/mol. The first-order valence-electron chi connectivity index (χ1n) is 8.83. The number of benzene rings is 2. The van der Waals surface area contributed by atoms with E-state index < -0.39 is 12.6 Å². The van der Waals surface area contributed by atoms with Crippen molar-refractivity contribution in [1.82, 2.24) is 5.32 Å². The van der Waals surface area contributed by atoms with Crippen LogP contribution in [-0.2, 0) is 9.59 Å². The van der Waals surface area contributed by atoms with E-state index >= 15 is 0 Å². The molecule has 3 rings (SSSR count). The van der Waals surface area contributed by atoms with Crippen molar-refractivity contribution in [1.29, 1.82) is 0 Å². The molecule has 1 saturated heterocycles. The number of aliphatic carboxylic acids is 1. The van der Waals surface area contributed by atoms with Crippen LogP contribution in [0.3, 0.4) is 0 Å². The third kappa shape index (κ3) is 6.06. The van der Waals surface area contributed by atoms with Gasteiger partial charge in [-0.05, 0) is 77.2 Å². The number of amidine groups is 1. The number of nitrogens with one attached hydrogen (secondary N) is 1. The molecule has 7 nitrogen and oxygen atoms in total. The van der Waals surface area contributed by atoms with Crippen LogP contribution in [0.4, 0.5) is 5.69 Å². The number of aliphatic imine (C=N–C) groups is 1. The van der Waals surface area contributed by atoms with Crippen LogP contribution in [0.5, 0.6) is 11.5 Å². The molecule has 1 amide bonds. The van der Waals surface area contributed by atoms with E-state index in [2.05, 4.69) is 10.3 Å². The van der Waals surface area contributed by atoms with Crippen molar-refractivity contribution in [3.05, 3.63) is 54.4 Å². The Morgan fingerprint density at radius 1 is 1.32 bits per heavy atom. The van der Waals surface area contributed by atoms with Crippen LogP contribution in [0.1, 0.15) is 12.5 Å². The van der Waals surface area contributed by atoms with Gasteiger partial charge in [0.1, 0.15) is 0 Å². The summed E-state index contributed by atoms with van der Waals surface area (Å²) in [6.07, 6.45) is 1.69. The zero-order valence-electron chi connectivity index (χ0n) is 15.9. The highest BCUT2D eigenvalue weighted by atomic mass is 127. The van der Waals surface area contributed by atoms with E-state index in [1.807, 2.05) is 29.5 Å². The van der Waals surface area contributed by atoms with Gasteiger partial charge < -0.3 is 19.9 Å². The van der Waals surface area contributed by atoms with E-state index in [-0.39, 0.29) is 5.91 Å². The monoisotopic (exact) mass is 592 g/mol. The van der Waals surface area contributed by atoms with Gasteiger partial charge in [0.05, 0.1) is 30.8 Å². The van der Waals surface area contributed by atoms with Crippen molar-refractivity contribution in [3.63, 3.8) is 0 Å². The summed E-state index contributed by atoms with van der Waals surface area (Å²) in [6.45, 7) is 1.69. The summed E-state index contributed by atoms with van der Waals surface area (Å²) >= 11 is 15.4. The van der Waals surface area contributed by atoms with E-state index in [1.165, 1.54) is 0 Å². The molecule has 11 heteroatoms. The van der Waals surface area contributed by atoms with E-state index in [0.717, 1.165) is 11.8 Å². The molecule has 2 N–H and O–H groups in total. The fraction of sp³-hybridized carbons (Fsp3) is 0.150. The molecular formula is C20H15Cl2IN2O5S. The third-order valence-corrected chi connectivity index (χ3v) is 6.29. The lowest BCUT2D eigenvalue weighted by Gasteiger charge is -2.13. The third-order valence-electron chi connectivity index (χ3n) is 3.77. The number of amides is 1. The van der Waals surface area contributed by atoms with Gasteiger partial charge >= 0.3 is 5.97 Å². The Hall–Kier alpha value is -1.95. The summed E-state index contributed by atoms with van der Waals surface area (Å²) < 4.78 is 11.6. The molecule has 0 aliphatic carbocycles. The molecule has 1 fully saturated rings. The molecule has 0 aromatic heterocycles. The van der Waals surface area contributed by atoms with Crippen LogP contribution < -0.4 is 14.8 Å². The zero-order valence-corrected chi connectivity index (χ0v) is 20.4. The lowest BCUT2D eigenvalue weighted by molar-refractivity contribution is -0.139. The highest BCUT2D eigenvalue weighted by molar-refractivity contribution is 14.1. The van der Waals surface area contributed by atoms with Gasteiger partial charge in [0.15, 0.2) is 23.3 Å². The fourth-order valence-electron chi connectivity index (χ4n) is 2.53. The first-order chi connectivity index (χ1) is 14.8. The lowest BCUT2D eigenvalue weighted by atomic mass is 10.2. The summed E-state index contributed by atoms with van der Waals surface area (Å²) in [5.41, 5.74) is 1.14. The Morgan fingerprint density at radius 2 is 2.10 bits per heavy atom. The van der Waals surface area contributed by atoms with Crippen molar-refractivity contribution in [3.8, 4) is 11.5 Å². The molecule has 0 spiro atoms. The number of carbonyl (C=O) groups is 2. The first kappa shape index (κ1) is 23.7. The number of ether oxygens (including phenoxy) is 2. The van der Waals surface area contributed by atoms with Gasteiger partial charge in [-0.2, -0.15) is 0 Å². The number of carboxylic acids is 1. The summed E-state index contributed by atoms with van der Waals surface area (Å²) in [7, 11) is 0. The number of thioether (sulfide) groups is 1. The number of carboxylic acid groups (broad SMARTS) is 1. The van der Waals surface area contributed by atoms with Gasteiger partial charge in [-0.3, -0.25) is 4.79 Å². The second kappa shape index (κ2) is 10.6. The zero-order chi connectivity index (χ0) is 22.5. The molecule has 2 aromatic rings. The predicted molar refractivity (Wildman–Crippen MR) is 131 cm³/mol. The maximum absolute atomic E-state index is 12.4. The molecular weight excluding hydrogens is 578 g/mol. The Bertz CT molecular complexity index is 1110. The van der Waals surface area contributed by atoms with E-state index in [4.69, 9.17) is 37.8 Å². The molecule has 0 saturated carbocycles. The SMILES string of the molecule is CCOc1cc(/C=C2/SC(=Nc3cccc(Cl)c3Cl)NC2=O)cc(I)c1OCC(=O)O. The van der Waals surface area contributed by atoms with Crippen molar-refractivity contribution >= 4 is 86.4 Å². The van der Waals surface area contributed by atoms with Gasteiger partial charge in [0.2, 0.25) is 0 Å². The number of rotatable bonds is 7. The molecule has 0 unspecified atom stereocenters. The number of hydrogen-bond acceptors (Lipinski definition) is 6. The van der Waals surface area contributed by atoms with Gasteiger partial charge in [-0.25, -0.2) is 9.79 Å². The van der Waals surface area contributed by atoms with Crippen LogP contribution in [-0.4, -0.2) is 35.4 Å². The second-order valence-corrected chi connectivity index (χ2v) is 8.98. The van der Waals surface area contributed by atoms with Gasteiger partial charge in [-0.1, -0.05) is 29.3 Å².